The first-order valence-electron chi connectivity index (χ1n) is 8.17. The maximum Gasteiger partial charge on any atom is 0.416 e. The summed E-state index contributed by atoms with van der Waals surface area (Å²) in [7, 11) is 0. The first-order chi connectivity index (χ1) is 13.6. The van der Waals surface area contributed by atoms with E-state index in [1.807, 2.05) is 0 Å². The lowest BCUT2D eigenvalue weighted by atomic mass is 10.2. The van der Waals surface area contributed by atoms with Crippen molar-refractivity contribution in [1.82, 2.24) is 5.16 Å². The van der Waals surface area contributed by atoms with E-state index in [4.69, 9.17) is 9.26 Å². The Morgan fingerprint density at radius 3 is 2.62 bits per heavy atom. The molecule has 0 unspecified atom stereocenters. The van der Waals surface area contributed by atoms with Crippen molar-refractivity contribution in [3.63, 3.8) is 0 Å². The lowest BCUT2D eigenvalue weighted by Gasteiger charge is -2.10. The zero-order chi connectivity index (χ0) is 21.2. The van der Waals surface area contributed by atoms with E-state index in [9.17, 15) is 26.7 Å². The van der Waals surface area contributed by atoms with Crippen LogP contribution in [0.2, 0.25) is 0 Å². The Morgan fingerprint density at radius 2 is 1.93 bits per heavy atom. The van der Waals surface area contributed by atoms with Crippen molar-refractivity contribution in [2.24, 2.45) is 0 Å². The number of amides is 1. The predicted octanol–water partition coefficient (Wildman–Crippen LogP) is 5.11. The van der Waals surface area contributed by atoms with Gasteiger partial charge in [-0.05, 0) is 37.3 Å². The van der Waals surface area contributed by atoms with Gasteiger partial charge in [0.1, 0.15) is 29.8 Å². The van der Waals surface area contributed by atoms with Crippen LogP contribution in [0.3, 0.4) is 0 Å². The Kier molecular flexibility index (Phi) is 5.53. The Morgan fingerprint density at radius 1 is 1.17 bits per heavy atom. The minimum Gasteiger partial charge on any atom is -0.489 e. The van der Waals surface area contributed by atoms with Gasteiger partial charge in [-0.15, -0.1) is 0 Å². The number of carbonyl (C=O) groups excluding carboxylic acids is 1. The highest BCUT2D eigenvalue weighted by atomic mass is 19.4. The molecule has 0 bridgehead atoms. The molecule has 2 aromatic carbocycles. The molecule has 1 heterocycles. The van der Waals surface area contributed by atoms with Gasteiger partial charge in [0.05, 0.1) is 16.8 Å². The van der Waals surface area contributed by atoms with Crippen molar-refractivity contribution in [3.8, 4) is 5.75 Å². The molecule has 0 aliphatic carbocycles. The number of rotatable bonds is 5. The molecule has 0 spiro atoms. The zero-order valence-corrected chi connectivity index (χ0v) is 14.8. The second-order valence-electron chi connectivity index (χ2n) is 5.96. The van der Waals surface area contributed by atoms with Crippen LogP contribution in [0.1, 0.15) is 27.4 Å². The number of hydrogen-bond donors (Lipinski definition) is 1. The molecule has 0 saturated carbocycles. The maximum atomic E-state index is 13.7. The molecule has 0 atom stereocenters. The molecule has 3 aromatic rings. The topological polar surface area (TPSA) is 64.4 Å². The molecule has 0 saturated heterocycles. The van der Waals surface area contributed by atoms with E-state index < -0.39 is 29.3 Å². The number of carbonyl (C=O) groups is 1. The van der Waals surface area contributed by atoms with Crippen LogP contribution in [-0.4, -0.2) is 11.1 Å². The van der Waals surface area contributed by atoms with Crippen molar-refractivity contribution >= 4 is 11.6 Å². The summed E-state index contributed by atoms with van der Waals surface area (Å²) in [5.74, 6) is -2.53. The van der Waals surface area contributed by atoms with Crippen LogP contribution in [0.5, 0.6) is 5.75 Å². The van der Waals surface area contributed by atoms with Gasteiger partial charge in [-0.2, -0.15) is 13.2 Å². The van der Waals surface area contributed by atoms with Gasteiger partial charge < -0.3 is 14.6 Å². The molecule has 1 amide bonds. The number of nitrogens with zero attached hydrogens (tertiary/aromatic N) is 1. The molecular weight excluding hydrogens is 399 g/mol. The third-order valence-electron chi connectivity index (χ3n) is 3.92. The lowest BCUT2D eigenvalue weighted by Crippen LogP contribution is -2.16. The molecule has 0 radical (unpaired) electrons. The van der Waals surface area contributed by atoms with Crippen LogP contribution >= 0.6 is 0 Å². The highest BCUT2D eigenvalue weighted by Crippen LogP contribution is 2.31. The van der Waals surface area contributed by atoms with Gasteiger partial charge in [-0.25, -0.2) is 8.78 Å². The van der Waals surface area contributed by atoms with Gasteiger partial charge in [0, 0.05) is 6.07 Å². The highest BCUT2D eigenvalue weighted by Gasteiger charge is 2.30. The first kappa shape index (κ1) is 20.3. The SMILES string of the molecule is Cc1onc(C(=O)Nc2ccc(F)cc2F)c1COc1cccc(C(F)(F)F)c1. The lowest BCUT2D eigenvalue weighted by molar-refractivity contribution is -0.137. The highest BCUT2D eigenvalue weighted by molar-refractivity contribution is 6.03. The fraction of sp³-hybridized carbons (Fsp3) is 0.158. The van der Waals surface area contributed by atoms with E-state index in [1.54, 1.807) is 0 Å². The molecule has 0 aliphatic rings. The summed E-state index contributed by atoms with van der Waals surface area (Å²) in [6.07, 6.45) is -4.53. The maximum absolute atomic E-state index is 13.7. The van der Waals surface area contributed by atoms with Crippen LogP contribution in [0, 0.1) is 18.6 Å². The summed E-state index contributed by atoms with van der Waals surface area (Å²) in [4.78, 5) is 12.4. The minimum atomic E-state index is -4.53. The number of anilines is 1. The monoisotopic (exact) mass is 412 g/mol. The second kappa shape index (κ2) is 7.90. The van der Waals surface area contributed by atoms with Crippen molar-refractivity contribution < 1.29 is 36.0 Å². The average Bonchev–Trinajstić information content (AvgIpc) is 3.02. The van der Waals surface area contributed by atoms with Crippen molar-refractivity contribution in [1.29, 1.82) is 0 Å². The molecule has 0 aliphatic heterocycles. The fourth-order valence-corrected chi connectivity index (χ4v) is 2.43. The molecule has 1 N–H and O–H groups in total. The molecular formula is C19H13F5N2O3. The van der Waals surface area contributed by atoms with E-state index in [2.05, 4.69) is 10.5 Å². The molecule has 152 valence electrons. The minimum absolute atomic E-state index is 0.0728. The Hall–Kier alpha value is -3.43. The van der Waals surface area contributed by atoms with Crippen molar-refractivity contribution in [2.75, 3.05) is 5.32 Å². The summed E-state index contributed by atoms with van der Waals surface area (Å²) >= 11 is 0. The summed E-state index contributed by atoms with van der Waals surface area (Å²) in [5.41, 5.74) is -1.23. The van der Waals surface area contributed by atoms with E-state index in [0.29, 0.717) is 6.07 Å². The number of aryl methyl sites for hydroxylation is 1. The van der Waals surface area contributed by atoms with Crippen LogP contribution < -0.4 is 10.1 Å². The second-order valence-corrected chi connectivity index (χ2v) is 5.96. The van der Waals surface area contributed by atoms with E-state index >= 15 is 0 Å². The standard InChI is InChI=1S/C19H13F5N2O3/c1-10-14(9-28-13-4-2-3-11(7-13)19(22,23)24)17(26-29-10)18(27)25-16-6-5-12(20)8-15(16)21/h2-8H,9H2,1H3,(H,25,27). The average molecular weight is 412 g/mol. The molecule has 0 fully saturated rings. The summed E-state index contributed by atoms with van der Waals surface area (Å²) in [6.45, 7) is 1.17. The van der Waals surface area contributed by atoms with Crippen molar-refractivity contribution in [3.05, 3.63) is 76.7 Å². The van der Waals surface area contributed by atoms with Gasteiger partial charge in [-0.1, -0.05) is 11.2 Å². The van der Waals surface area contributed by atoms with Gasteiger partial charge in [0.25, 0.3) is 5.91 Å². The summed E-state index contributed by atoms with van der Waals surface area (Å²) in [5, 5.41) is 5.81. The number of nitrogens with one attached hydrogen (secondary N) is 1. The number of aromatic nitrogens is 1. The molecule has 10 heteroatoms. The number of halogens is 5. The zero-order valence-electron chi connectivity index (χ0n) is 14.8. The van der Waals surface area contributed by atoms with E-state index in [1.165, 1.54) is 19.1 Å². The third kappa shape index (κ3) is 4.71. The Balaban J connectivity index is 1.77. The summed E-state index contributed by atoms with van der Waals surface area (Å²) < 4.78 is 75.4. The number of benzene rings is 2. The van der Waals surface area contributed by atoms with Gasteiger partial charge in [0.2, 0.25) is 0 Å². The number of hydrogen-bond acceptors (Lipinski definition) is 4. The largest absolute Gasteiger partial charge is 0.489 e. The van der Waals surface area contributed by atoms with Crippen LogP contribution in [0.25, 0.3) is 0 Å². The molecule has 3 rings (SSSR count). The van der Waals surface area contributed by atoms with Crippen LogP contribution in [-0.2, 0) is 12.8 Å². The molecule has 29 heavy (non-hydrogen) atoms. The first-order valence-corrected chi connectivity index (χ1v) is 8.17. The molecule has 5 nitrogen and oxygen atoms in total. The summed E-state index contributed by atoms with van der Waals surface area (Å²) in [6, 6.07) is 6.82. The number of ether oxygens (including phenoxy) is 1. The van der Waals surface area contributed by atoms with Gasteiger partial charge in [0.15, 0.2) is 5.69 Å². The van der Waals surface area contributed by atoms with Crippen molar-refractivity contribution in [2.45, 2.75) is 19.7 Å². The normalized spacial score (nSPS) is 11.4. The predicted molar refractivity (Wildman–Crippen MR) is 91.3 cm³/mol. The van der Waals surface area contributed by atoms with Crippen LogP contribution in [0.4, 0.5) is 27.6 Å². The Labute approximate surface area is 161 Å². The Bertz CT molecular complexity index is 1050. The van der Waals surface area contributed by atoms with E-state index in [-0.39, 0.29) is 35.1 Å². The fourth-order valence-electron chi connectivity index (χ4n) is 2.43. The van der Waals surface area contributed by atoms with Gasteiger partial charge >= 0.3 is 6.18 Å². The smallest absolute Gasteiger partial charge is 0.416 e. The van der Waals surface area contributed by atoms with E-state index in [0.717, 1.165) is 24.3 Å². The number of alkyl halides is 3. The van der Waals surface area contributed by atoms with Crippen LogP contribution in [0.15, 0.2) is 47.0 Å². The van der Waals surface area contributed by atoms with Gasteiger partial charge in [-0.3, -0.25) is 4.79 Å². The quantitative estimate of drug-likeness (QED) is 0.592. The molecule has 1 aromatic heterocycles. The third-order valence-corrected chi connectivity index (χ3v) is 3.92.